The van der Waals surface area contributed by atoms with Crippen molar-refractivity contribution in [2.24, 2.45) is 0 Å². The van der Waals surface area contributed by atoms with Gasteiger partial charge in [0.1, 0.15) is 12.3 Å². The Balaban J connectivity index is 1.71. The Bertz CT molecular complexity index is 975. The van der Waals surface area contributed by atoms with Crippen LogP contribution in [0.3, 0.4) is 0 Å². The van der Waals surface area contributed by atoms with E-state index in [2.05, 4.69) is 5.32 Å². The number of amides is 3. The van der Waals surface area contributed by atoms with E-state index in [9.17, 15) is 14.4 Å². The first-order valence-corrected chi connectivity index (χ1v) is 11.0. The number of imide groups is 1. The Hall–Kier alpha value is -2.71. The summed E-state index contributed by atoms with van der Waals surface area (Å²) in [4.78, 5) is 39.5. The van der Waals surface area contributed by atoms with Crippen LogP contribution in [-0.4, -0.2) is 41.4 Å². The van der Waals surface area contributed by atoms with E-state index < -0.39 is 17.1 Å². The smallest absolute Gasteiger partial charge is 0.294 e. The molecule has 29 heavy (non-hydrogen) atoms. The van der Waals surface area contributed by atoms with Gasteiger partial charge in [0.25, 0.3) is 11.1 Å². The average Bonchev–Trinajstić information content (AvgIpc) is 2.97. The maximum Gasteiger partial charge on any atom is 0.294 e. The zero-order valence-electron chi connectivity index (χ0n) is 16.0. The number of nitrogens with one attached hydrogen (secondary N) is 1. The first kappa shape index (κ1) is 21.0. The highest BCUT2D eigenvalue weighted by Crippen LogP contribution is 2.34. The Morgan fingerprint density at radius 2 is 2.00 bits per heavy atom. The highest BCUT2D eigenvalue weighted by atomic mass is 32.2. The van der Waals surface area contributed by atoms with Crippen molar-refractivity contribution in [1.82, 2.24) is 4.90 Å². The molecular weight excluding hydrogens is 408 g/mol. The van der Waals surface area contributed by atoms with E-state index in [1.807, 2.05) is 49.6 Å². The van der Waals surface area contributed by atoms with Gasteiger partial charge in [0.2, 0.25) is 5.91 Å². The van der Waals surface area contributed by atoms with Crippen LogP contribution < -0.4 is 10.1 Å². The molecule has 0 atom stereocenters. The standard InChI is InChI=1S/C21H20N2O4S2/c1-3-27-17-10-5-4-7-14(17)11-18-20(25)23(21(26)29-18)13-19(24)22-15-8-6-9-16(12-15)28-2/h4-12H,3,13H2,1-2H3,(H,22,24)/b18-11+. The summed E-state index contributed by atoms with van der Waals surface area (Å²) < 4.78 is 5.56. The molecule has 0 spiro atoms. The summed E-state index contributed by atoms with van der Waals surface area (Å²) in [6, 6.07) is 14.6. The molecule has 0 unspecified atom stereocenters. The third-order valence-electron chi connectivity index (χ3n) is 4.03. The van der Waals surface area contributed by atoms with E-state index in [4.69, 9.17) is 4.74 Å². The molecule has 0 bridgehead atoms. The first-order valence-electron chi connectivity index (χ1n) is 8.93. The summed E-state index contributed by atoms with van der Waals surface area (Å²) in [5.74, 6) is -0.283. The van der Waals surface area contributed by atoms with Gasteiger partial charge in [0.15, 0.2) is 0 Å². The van der Waals surface area contributed by atoms with Crippen molar-refractivity contribution < 1.29 is 19.1 Å². The van der Waals surface area contributed by atoms with Gasteiger partial charge in [0, 0.05) is 16.1 Å². The van der Waals surface area contributed by atoms with Gasteiger partial charge in [-0.25, -0.2) is 0 Å². The van der Waals surface area contributed by atoms with E-state index in [1.54, 1.807) is 30.0 Å². The molecule has 1 fully saturated rings. The Morgan fingerprint density at radius 3 is 2.76 bits per heavy atom. The topological polar surface area (TPSA) is 75.7 Å². The van der Waals surface area contributed by atoms with Crippen molar-refractivity contribution in [3.8, 4) is 5.75 Å². The van der Waals surface area contributed by atoms with Gasteiger partial charge in [-0.15, -0.1) is 11.8 Å². The molecule has 1 aliphatic heterocycles. The number of carbonyl (C=O) groups excluding carboxylic acids is 3. The molecule has 6 nitrogen and oxygen atoms in total. The summed E-state index contributed by atoms with van der Waals surface area (Å²) in [7, 11) is 0. The number of rotatable bonds is 7. The van der Waals surface area contributed by atoms with Crippen LogP contribution in [0, 0.1) is 0 Å². The lowest BCUT2D eigenvalue weighted by molar-refractivity contribution is -0.127. The van der Waals surface area contributed by atoms with Crippen molar-refractivity contribution in [2.45, 2.75) is 11.8 Å². The maximum absolute atomic E-state index is 12.7. The van der Waals surface area contributed by atoms with Gasteiger partial charge in [-0.1, -0.05) is 24.3 Å². The fraction of sp³-hybridized carbons (Fsp3) is 0.190. The number of anilines is 1. The van der Waals surface area contributed by atoms with Crippen molar-refractivity contribution in [3.05, 3.63) is 59.0 Å². The van der Waals surface area contributed by atoms with Crippen molar-refractivity contribution >= 4 is 52.3 Å². The third kappa shape index (κ3) is 5.21. The summed E-state index contributed by atoms with van der Waals surface area (Å²) in [5, 5.41) is 2.26. The highest BCUT2D eigenvalue weighted by molar-refractivity contribution is 8.18. The largest absolute Gasteiger partial charge is 0.493 e. The number of benzene rings is 2. The maximum atomic E-state index is 12.7. The molecule has 0 saturated carbocycles. The molecule has 3 rings (SSSR count). The molecule has 2 aromatic carbocycles. The third-order valence-corrected chi connectivity index (χ3v) is 5.67. The number of carbonyl (C=O) groups is 3. The summed E-state index contributed by atoms with van der Waals surface area (Å²) in [6.07, 6.45) is 3.56. The van der Waals surface area contributed by atoms with Gasteiger partial charge in [0.05, 0.1) is 11.5 Å². The minimum atomic E-state index is -0.487. The lowest BCUT2D eigenvalue weighted by atomic mass is 10.2. The van der Waals surface area contributed by atoms with E-state index in [0.29, 0.717) is 23.6 Å². The van der Waals surface area contributed by atoms with Gasteiger partial charge >= 0.3 is 0 Å². The van der Waals surface area contributed by atoms with Gasteiger partial charge in [-0.05, 0) is 55.3 Å². The van der Waals surface area contributed by atoms with Crippen LogP contribution in [0.4, 0.5) is 10.5 Å². The Morgan fingerprint density at radius 1 is 1.21 bits per heavy atom. The van der Waals surface area contributed by atoms with Crippen LogP contribution >= 0.6 is 23.5 Å². The zero-order valence-corrected chi connectivity index (χ0v) is 17.6. The lowest BCUT2D eigenvalue weighted by Crippen LogP contribution is -2.36. The molecule has 0 aliphatic carbocycles. The molecule has 1 aliphatic rings. The predicted molar refractivity (Wildman–Crippen MR) is 117 cm³/mol. The second-order valence-electron chi connectivity index (χ2n) is 6.02. The van der Waals surface area contributed by atoms with Crippen molar-refractivity contribution in [1.29, 1.82) is 0 Å². The SMILES string of the molecule is CCOc1ccccc1/C=C1/SC(=O)N(CC(=O)Nc2cccc(SC)c2)C1=O. The van der Waals surface area contributed by atoms with Crippen LogP contribution in [0.25, 0.3) is 6.08 Å². The van der Waals surface area contributed by atoms with Gasteiger partial charge < -0.3 is 10.1 Å². The summed E-state index contributed by atoms with van der Waals surface area (Å²) in [5.41, 5.74) is 1.33. The lowest BCUT2D eigenvalue weighted by Gasteiger charge is -2.13. The molecule has 8 heteroatoms. The normalized spacial score (nSPS) is 15.1. The molecule has 1 heterocycles. The van der Waals surface area contributed by atoms with E-state index in [0.717, 1.165) is 21.6 Å². The van der Waals surface area contributed by atoms with Crippen LogP contribution in [0.1, 0.15) is 12.5 Å². The molecular formula is C21H20N2O4S2. The average molecular weight is 429 g/mol. The fourth-order valence-corrected chi connectivity index (χ4v) is 4.00. The summed E-state index contributed by atoms with van der Waals surface area (Å²) in [6.45, 7) is 2.03. The van der Waals surface area contributed by atoms with Crippen LogP contribution in [-0.2, 0) is 9.59 Å². The minimum Gasteiger partial charge on any atom is -0.493 e. The highest BCUT2D eigenvalue weighted by Gasteiger charge is 2.36. The van der Waals surface area contributed by atoms with E-state index >= 15 is 0 Å². The number of hydrogen-bond acceptors (Lipinski definition) is 6. The monoisotopic (exact) mass is 428 g/mol. The molecule has 150 valence electrons. The molecule has 1 saturated heterocycles. The minimum absolute atomic E-state index is 0.263. The van der Waals surface area contributed by atoms with Crippen molar-refractivity contribution in [2.75, 3.05) is 24.7 Å². The molecule has 0 aromatic heterocycles. The second kappa shape index (κ2) is 9.67. The summed E-state index contributed by atoms with van der Waals surface area (Å²) >= 11 is 2.38. The van der Waals surface area contributed by atoms with E-state index in [1.165, 1.54) is 0 Å². The molecule has 2 aromatic rings. The number of nitrogens with zero attached hydrogens (tertiary/aromatic N) is 1. The second-order valence-corrected chi connectivity index (χ2v) is 7.89. The predicted octanol–water partition coefficient (Wildman–Crippen LogP) is 4.48. The van der Waals surface area contributed by atoms with Crippen LogP contribution in [0.2, 0.25) is 0 Å². The number of ether oxygens (including phenoxy) is 1. The van der Waals surface area contributed by atoms with Gasteiger partial charge in [-0.2, -0.15) is 0 Å². The van der Waals surface area contributed by atoms with Crippen LogP contribution in [0.5, 0.6) is 5.75 Å². The van der Waals surface area contributed by atoms with E-state index in [-0.39, 0.29) is 11.4 Å². The zero-order chi connectivity index (χ0) is 20.8. The quantitative estimate of drug-likeness (QED) is 0.518. The number of hydrogen-bond donors (Lipinski definition) is 1. The Labute approximate surface area is 177 Å². The Kier molecular flexibility index (Phi) is 7.00. The van der Waals surface area contributed by atoms with Gasteiger partial charge in [-0.3, -0.25) is 19.3 Å². The van der Waals surface area contributed by atoms with Crippen LogP contribution in [0.15, 0.2) is 58.3 Å². The molecule has 3 amide bonds. The van der Waals surface area contributed by atoms with Crippen molar-refractivity contribution in [3.63, 3.8) is 0 Å². The number of thioether (sulfide) groups is 2. The fourth-order valence-electron chi connectivity index (χ4n) is 2.71. The molecule has 0 radical (unpaired) electrons. The number of para-hydroxylation sites is 1. The molecule has 1 N–H and O–H groups in total. The first-order chi connectivity index (χ1) is 14.0.